The van der Waals surface area contributed by atoms with Gasteiger partial charge in [0.15, 0.2) is 0 Å². The Kier molecular flexibility index (Phi) is 5.53. The van der Waals surface area contributed by atoms with Crippen LogP contribution >= 0.6 is 22.9 Å². The zero-order chi connectivity index (χ0) is 18.6. The van der Waals surface area contributed by atoms with E-state index in [9.17, 15) is 4.79 Å². The van der Waals surface area contributed by atoms with E-state index in [1.165, 1.54) is 0 Å². The normalized spacial score (nSPS) is 15.1. The third kappa shape index (κ3) is 4.21. The molecule has 4 nitrogen and oxygen atoms in total. The number of thiazole rings is 1. The van der Waals surface area contributed by atoms with E-state index < -0.39 is 0 Å². The van der Waals surface area contributed by atoms with Gasteiger partial charge in [-0.05, 0) is 18.2 Å². The number of rotatable bonds is 4. The zero-order valence-corrected chi connectivity index (χ0v) is 16.4. The Morgan fingerprint density at radius 2 is 1.70 bits per heavy atom. The first-order chi connectivity index (χ1) is 13.2. The molecule has 1 aromatic heterocycles. The quantitative estimate of drug-likeness (QED) is 0.653. The SMILES string of the molecule is O=C(c1ccccc1)N1CCN(Cc2csc(-c3ccccc3Cl)n2)CC1. The number of aromatic nitrogens is 1. The highest BCUT2D eigenvalue weighted by molar-refractivity contribution is 7.13. The first-order valence-electron chi connectivity index (χ1n) is 8.97. The molecule has 0 saturated carbocycles. The maximum absolute atomic E-state index is 12.5. The van der Waals surface area contributed by atoms with Crippen LogP contribution in [0.3, 0.4) is 0 Å². The first kappa shape index (κ1) is 18.2. The summed E-state index contributed by atoms with van der Waals surface area (Å²) in [5.74, 6) is 0.116. The van der Waals surface area contributed by atoms with E-state index in [4.69, 9.17) is 16.6 Å². The molecule has 0 N–H and O–H groups in total. The van der Waals surface area contributed by atoms with Crippen molar-refractivity contribution in [3.05, 3.63) is 76.3 Å². The zero-order valence-electron chi connectivity index (χ0n) is 14.8. The highest BCUT2D eigenvalue weighted by Gasteiger charge is 2.22. The summed E-state index contributed by atoms with van der Waals surface area (Å²) >= 11 is 7.90. The van der Waals surface area contributed by atoms with Crippen molar-refractivity contribution in [3.63, 3.8) is 0 Å². The van der Waals surface area contributed by atoms with E-state index >= 15 is 0 Å². The van der Waals surface area contributed by atoms with Crippen LogP contribution in [0.2, 0.25) is 5.02 Å². The van der Waals surface area contributed by atoms with Gasteiger partial charge in [-0.2, -0.15) is 0 Å². The number of benzene rings is 2. The molecular weight excluding hydrogens is 378 g/mol. The topological polar surface area (TPSA) is 36.4 Å². The summed E-state index contributed by atoms with van der Waals surface area (Å²) in [6.07, 6.45) is 0. The summed E-state index contributed by atoms with van der Waals surface area (Å²) in [5, 5.41) is 3.78. The molecule has 0 bridgehead atoms. The Morgan fingerprint density at radius 1 is 1.00 bits per heavy atom. The van der Waals surface area contributed by atoms with Crippen molar-refractivity contribution in [1.29, 1.82) is 0 Å². The number of piperazine rings is 1. The molecule has 0 radical (unpaired) electrons. The second-order valence-electron chi connectivity index (χ2n) is 6.56. The van der Waals surface area contributed by atoms with Crippen LogP contribution in [-0.2, 0) is 6.54 Å². The Morgan fingerprint density at radius 3 is 2.44 bits per heavy atom. The molecule has 1 saturated heterocycles. The molecule has 2 aromatic carbocycles. The van der Waals surface area contributed by atoms with Crippen molar-refractivity contribution in [2.75, 3.05) is 26.2 Å². The minimum Gasteiger partial charge on any atom is -0.336 e. The fraction of sp³-hybridized carbons (Fsp3) is 0.238. The third-order valence-corrected chi connectivity index (χ3v) is 5.98. The van der Waals surface area contributed by atoms with Crippen LogP contribution in [0.15, 0.2) is 60.0 Å². The minimum absolute atomic E-state index is 0.116. The fourth-order valence-corrected chi connectivity index (χ4v) is 4.37. The van der Waals surface area contributed by atoms with Crippen LogP contribution in [-0.4, -0.2) is 46.9 Å². The van der Waals surface area contributed by atoms with Crippen molar-refractivity contribution < 1.29 is 4.79 Å². The second-order valence-corrected chi connectivity index (χ2v) is 7.82. The summed E-state index contributed by atoms with van der Waals surface area (Å²) in [4.78, 5) is 21.6. The predicted molar refractivity (Wildman–Crippen MR) is 110 cm³/mol. The molecule has 1 aliphatic heterocycles. The molecule has 0 aliphatic carbocycles. The Bertz CT molecular complexity index is 920. The summed E-state index contributed by atoms with van der Waals surface area (Å²) in [7, 11) is 0. The average molecular weight is 398 g/mol. The van der Waals surface area contributed by atoms with E-state index in [-0.39, 0.29) is 5.91 Å². The lowest BCUT2D eigenvalue weighted by Crippen LogP contribution is -2.48. The van der Waals surface area contributed by atoms with Crippen LogP contribution in [0.4, 0.5) is 0 Å². The van der Waals surface area contributed by atoms with E-state index in [0.29, 0.717) is 0 Å². The van der Waals surface area contributed by atoms with Gasteiger partial charge >= 0.3 is 0 Å². The van der Waals surface area contributed by atoms with E-state index in [0.717, 1.165) is 59.6 Å². The molecule has 27 heavy (non-hydrogen) atoms. The van der Waals surface area contributed by atoms with E-state index in [2.05, 4.69) is 10.3 Å². The molecule has 4 rings (SSSR count). The van der Waals surface area contributed by atoms with E-state index in [1.807, 2.05) is 59.5 Å². The van der Waals surface area contributed by atoms with Gasteiger partial charge in [-0.1, -0.05) is 48.0 Å². The lowest BCUT2D eigenvalue weighted by atomic mass is 10.2. The smallest absolute Gasteiger partial charge is 0.253 e. The molecule has 0 unspecified atom stereocenters. The predicted octanol–water partition coefficient (Wildman–Crippen LogP) is 4.42. The average Bonchev–Trinajstić information content (AvgIpc) is 3.17. The van der Waals surface area contributed by atoms with Crippen molar-refractivity contribution in [2.24, 2.45) is 0 Å². The van der Waals surface area contributed by atoms with Gasteiger partial charge < -0.3 is 4.90 Å². The van der Waals surface area contributed by atoms with Crippen molar-refractivity contribution >= 4 is 28.8 Å². The minimum atomic E-state index is 0.116. The molecule has 0 atom stereocenters. The molecule has 138 valence electrons. The molecule has 2 heterocycles. The van der Waals surface area contributed by atoms with E-state index in [1.54, 1.807) is 11.3 Å². The maximum atomic E-state index is 12.5. The van der Waals surface area contributed by atoms with Crippen LogP contribution in [0.5, 0.6) is 0 Å². The van der Waals surface area contributed by atoms with Crippen molar-refractivity contribution in [2.45, 2.75) is 6.54 Å². The third-order valence-electron chi connectivity index (χ3n) is 4.72. The van der Waals surface area contributed by atoms with Gasteiger partial charge in [0.05, 0.1) is 10.7 Å². The van der Waals surface area contributed by atoms with Crippen LogP contribution in [0.1, 0.15) is 16.1 Å². The number of halogens is 1. The van der Waals surface area contributed by atoms with Gasteiger partial charge in [-0.15, -0.1) is 11.3 Å². The van der Waals surface area contributed by atoms with Gasteiger partial charge in [0.2, 0.25) is 0 Å². The number of carbonyl (C=O) groups is 1. The number of hydrogen-bond acceptors (Lipinski definition) is 4. The number of amides is 1. The van der Waals surface area contributed by atoms with Gasteiger partial charge in [0, 0.05) is 49.2 Å². The molecule has 1 aliphatic rings. The standard InChI is InChI=1S/C21H20ClN3OS/c22-19-9-5-4-8-18(19)20-23-17(15-27-20)14-24-10-12-25(13-11-24)21(26)16-6-2-1-3-7-16/h1-9,15H,10-14H2. The van der Waals surface area contributed by atoms with Crippen molar-refractivity contribution in [1.82, 2.24) is 14.8 Å². The van der Waals surface area contributed by atoms with Gasteiger partial charge in [0.25, 0.3) is 5.91 Å². The molecule has 1 amide bonds. The van der Waals surface area contributed by atoms with Gasteiger partial charge in [-0.25, -0.2) is 4.98 Å². The number of carbonyl (C=O) groups excluding carboxylic acids is 1. The lowest BCUT2D eigenvalue weighted by molar-refractivity contribution is 0.0627. The number of nitrogens with zero attached hydrogens (tertiary/aromatic N) is 3. The maximum Gasteiger partial charge on any atom is 0.253 e. The Balaban J connectivity index is 1.35. The Labute approximate surface area is 168 Å². The van der Waals surface area contributed by atoms with Gasteiger partial charge in [-0.3, -0.25) is 9.69 Å². The van der Waals surface area contributed by atoms with Crippen LogP contribution in [0, 0.1) is 0 Å². The van der Waals surface area contributed by atoms with Gasteiger partial charge in [0.1, 0.15) is 5.01 Å². The molecule has 6 heteroatoms. The molecule has 0 spiro atoms. The molecule has 1 fully saturated rings. The highest BCUT2D eigenvalue weighted by atomic mass is 35.5. The van der Waals surface area contributed by atoms with Crippen LogP contribution < -0.4 is 0 Å². The van der Waals surface area contributed by atoms with Crippen LogP contribution in [0.25, 0.3) is 10.6 Å². The lowest BCUT2D eigenvalue weighted by Gasteiger charge is -2.34. The summed E-state index contributed by atoms with van der Waals surface area (Å²) in [6.45, 7) is 4.01. The molecule has 3 aromatic rings. The monoisotopic (exact) mass is 397 g/mol. The Hall–Kier alpha value is -2.21. The first-order valence-corrected chi connectivity index (χ1v) is 10.2. The number of hydrogen-bond donors (Lipinski definition) is 0. The second kappa shape index (κ2) is 8.21. The van der Waals surface area contributed by atoms with Crippen molar-refractivity contribution in [3.8, 4) is 10.6 Å². The largest absolute Gasteiger partial charge is 0.336 e. The summed E-state index contributed by atoms with van der Waals surface area (Å²) in [6, 6.07) is 17.3. The molecular formula is C21H20ClN3OS. The fourth-order valence-electron chi connectivity index (χ4n) is 3.24. The highest BCUT2D eigenvalue weighted by Crippen LogP contribution is 2.30. The summed E-state index contributed by atoms with van der Waals surface area (Å²) < 4.78 is 0. The summed E-state index contributed by atoms with van der Waals surface area (Å²) in [5.41, 5.74) is 2.79.